The molecule has 1 amide bonds. The van der Waals surface area contributed by atoms with Crippen LogP contribution < -0.4 is 4.90 Å². The number of sulfone groups is 1. The van der Waals surface area contributed by atoms with Gasteiger partial charge in [0.05, 0.1) is 0 Å². The number of nitrogens with zero attached hydrogens (tertiary/aromatic N) is 4. The number of benzene rings is 1. The summed E-state index contributed by atoms with van der Waals surface area (Å²) in [5.41, 5.74) is 1.87. The molecule has 0 aliphatic carbocycles. The average Bonchev–Trinajstić information content (AvgIpc) is 2.93. The molecule has 0 spiro atoms. The first-order valence-corrected chi connectivity index (χ1v) is 8.59. The molecule has 7 nitrogen and oxygen atoms in total. The molecule has 0 bridgehead atoms. The first kappa shape index (κ1) is 14.7. The van der Waals surface area contributed by atoms with Crippen molar-refractivity contribution in [3.05, 3.63) is 36.2 Å². The molecule has 2 aromatic rings. The second-order valence-electron chi connectivity index (χ2n) is 5.26. The van der Waals surface area contributed by atoms with Crippen LogP contribution in [-0.2, 0) is 28.1 Å². The van der Waals surface area contributed by atoms with E-state index in [1.54, 1.807) is 4.90 Å². The van der Waals surface area contributed by atoms with E-state index in [0.29, 0.717) is 6.54 Å². The van der Waals surface area contributed by atoms with Gasteiger partial charge in [0.2, 0.25) is 20.9 Å². The summed E-state index contributed by atoms with van der Waals surface area (Å²) in [5.74, 6) is -1.04. The summed E-state index contributed by atoms with van der Waals surface area (Å²) in [7, 11) is -2.27. The molecular weight excluding hydrogens is 304 g/mol. The third kappa shape index (κ3) is 2.61. The van der Waals surface area contributed by atoms with E-state index in [2.05, 4.69) is 10.2 Å². The molecule has 8 heteroatoms. The monoisotopic (exact) mass is 320 g/mol. The number of aryl methyl sites for hydroxylation is 2. The summed E-state index contributed by atoms with van der Waals surface area (Å²) in [6, 6.07) is 7.58. The van der Waals surface area contributed by atoms with Crippen LogP contribution >= 0.6 is 0 Å². The highest BCUT2D eigenvalue weighted by Crippen LogP contribution is 2.27. The van der Waals surface area contributed by atoms with Crippen LogP contribution in [0.5, 0.6) is 0 Å². The zero-order chi connectivity index (χ0) is 15.7. The maximum absolute atomic E-state index is 12.5. The molecule has 116 valence electrons. The van der Waals surface area contributed by atoms with Crippen molar-refractivity contribution < 1.29 is 13.2 Å². The van der Waals surface area contributed by atoms with Crippen molar-refractivity contribution in [3.63, 3.8) is 0 Å². The quantitative estimate of drug-likeness (QED) is 0.825. The van der Waals surface area contributed by atoms with E-state index in [1.165, 1.54) is 17.9 Å². The van der Waals surface area contributed by atoms with Gasteiger partial charge in [0.25, 0.3) is 0 Å². The van der Waals surface area contributed by atoms with Gasteiger partial charge < -0.3 is 9.47 Å². The number of carbonyl (C=O) groups excluding carboxylic acids is 1. The molecule has 0 N–H and O–H groups in total. The van der Waals surface area contributed by atoms with Crippen LogP contribution in [0.2, 0.25) is 0 Å². The molecule has 0 unspecified atom stereocenters. The summed E-state index contributed by atoms with van der Waals surface area (Å²) in [6.07, 6.45) is 3.02. The highest BCUT2D eigenvalue weighted by atomic mass is 32.2. The van der Waals surface area contributed by atoms with Crippen molar-refractivity contribution in [1.82, 2.24) is 14.8 Å². The van der Waals surface area contributed by atoms with Crippen molar-refractivity contribution in [3.8, 4) is 0 Å². The van der Waals surface area contributed by atoms with Crippen molar-refractivity contribution in [2.24, 2.45) is 7.05 Å². The SMILES string of the molecule is Cn1cnnc1S(=O)(=O)CC(=O)N1CCCc2ccccc21. The fourth-order valence-corrected chi connectivity index (χ4v) is 3.92. The lowest BCUT2D eigenvalue weighted by Crippen LogP contribution is -2.39. The predicted molar refractivity (Wildman–Crippen MR) is 80.2 cm³/mol. The first-order chi connectivity index (χ1) is 10.5. The molecule has 1 aliphatic rings. The van der Waals surface area contributed by atoms with Gasteiger partial charge in [-0.25, -0.2) is 8.42 Å². The lowest BCUT2D eigenvalue weighted by molar-refractivity contribution is -0.116. The molecule has 2 heterocycles. The molecule has 1 aromatic heterocycles. The summed E-state index contributed by atoms with van der Waals surface area (Å²) < 4.78 is 25.9. The smallest absolute Gasteiger partial charge is 0.249 e. The Morgan fingerprint density at radius 2 is 2.09 bits per heavy atom. The summed E-state index contributed by atoms with van der Waals surface area (Å²) in [6.45, 7) is 0.532. The van der Waals surface area contributed by atoms with Crippen LogP contribution in [-0.4, -0.2) is 41.4 Å². The van der Waals surface area contributed by atoms with Crippen LogP contribution in [0.15, 0.2) is 35.7 Å². The Balaban J connectivity index is 1.86. The standard InChI is InChI=1S/C14H16N4O3S/c1-17-10-15-16-14(17)22(20,21)9-13(19)18-8-4-6-11-5-2-3-7-12(11)18/h2-3,5,7,10H,4,6,8-9H2,1H3. The molecular formula is C14H16N4O3S. The van der Waals surface area contributed by atoms with E-state index in [1.807, 2.05) is 24.3 Å². The largest absolute Gasteiger partial charge is 0.311 e. The number of amides is 1. The highest BCUT2D eigenvalue weighted by molar-refractivity contribution is 7.92. The Hall–Kier alpha value is -2.22. The Morgan fingerprint density at radius 1 is 1.32 bits per heavy atom. The minimum absolute atomic E-state index is 0.189. The lowest BCUT2D eigenvalue weighted by atomic mass is 10.0. The summed E-state index contributed by atoms with van der Waals surface area (Å²) in [5, 5.41) is 6.95. The normalized spacial score (nSPS) is 14.7. The number of hydrogen-bond acceptors (Lipinski definition) is 5. The van der Waals surface area contributed by atoms with Crippen molar-refractivity contribution in [2.75, 3.05) is 17.2 Å². The molecule has 0 fully saturated rings. The minimum atomic E-state index is -3.80. The van der Waals surface area contributed by atoms with Gasteiger partial charge in [0, 0.05) is 19.3 Å². The zero-order valence-electron chi connectivity index (χ0n) is 12.1. The maximum Gasteiger partial charge on any atom is 0.249 e. The Kier molecular flexibility index (Phi) is 3.69. The molecule has 0 radical (unpaired) electrons. The van der Waals surface area contributed by atoms with Crippen molar-refractivity contribution in [1.29, 1.82) is 0 Å². The zero-order valence-corrected chi connectivity index (χ0v) is 13.0. The molecule has 0 saturated carbocycles. The number of carbonyl (C=O) groups is 1. The second-order valence-corrected chi connectivity index (χ2v) is 7.14. The average molecular weight is 320 g/mol. The van der Waals surface area contributed by atoms with Crippen molar-refractivity contribution in [2.45, 2.75) is 18.0 Å². The van der Waals surface area contributed by atoms with Gasteiger partial charge in [-0.15, -0.1) is 10.2 Å². The topological polar surface area (TPSA) is 85.2 Å². The fourth-order valence-electron chi connectivity index (χ4n) is 2.65. The minimum Gasteiger partial charge on any atom is -0.311 e. The van der Waals surface area contributed by atoms with E-state index in [-0.39, 0.29) is 5.16 Å². The van der Waals surface area contributed by atoms with Crippen LogP contribution in [0.3, 0.4) is 0 Å². The third-order valence-electron chi connectivity index (χ3n) is 3.67. The van der Waals surface area contributed by atoms with E-state index in [0.717, 1.165) is 24.1 Å². The molecule has 0 saturated heterocycles. The lowest BCUT2D eigenvalue weighted by Gasteiger charge is -2.29. The number of aromatic nitrogens is 3. The number of fused-ring (bicyclic) bond motifs is 1. The first-order valence-electron chi connectivity index (χ1n) is 6.94. The highest BCUT2D eigenvalue weighted by Gasteiger charge is 2.29. The summed E-state index contributed by atoms with van der Waals surface area (Å²) >= 11 is 0. The maximum atomic E-state index is 12.5. The van der Waals surface area contributed by atoms with E-state index in [4.69, 9.17) is 0 Å². The Labute approximate surface area is 128 Å². The molecule has 1 aliphatic heterocycles. The Morgan fingerprint density at radius 3 is 2.82 bits per heavy atom. The van der Waals surface area contributed by atoms with Gasteiger partial charge in [-0.05, 0) is 24.5 Å². The number of rotatable bonds is 3. The van der Waals surface area contributed by atoms with E-state index in [9.17, 15) is 13.2 Å². The molecule has 3 rings (SSSR count). The molecule has 1 aromatic carbocycles. The van der Waals surface area contributed by atoms with Gasteiger partial charge in [-0.1, -0.05) is 18.2 Å². The van der Waals surface area contributed by atoms with Crippen LogP contribution in [0, 0.1) is 0 Å². The van der Waals surface area contributed by atoms with E-state index >= 15 is 0 Å². The van der Waals surface area contributed by atoms with Crippen LogP contribution in [0.4, 0.5) is 5.69 Å². The van der Waals surface area contributed by atoms with Gasteiger partial charge in [0.15, 0.2) is 0 Å². The van der Waals surface area contributed by atoms with Gasteiger partial charge in [-0.2, -0.15) is 0 Å². The number of para-hydroxylation sites is 1. The van der Waals surface area contributed by atoms with Gasteiger partial charge in [-0.3, -0.25) is 4.79 Å². The van der Waals surface area contributed by atoms with Gasteiger partial charge >= 0.3 is 0 Å². The number of anilines is 1. The second kappa shape index (κ2) is 5.53. The predicted octanol–water partition coefficient (Wildman–Crippen LogP) is 0.568. The molecule has 0 atom stereocenters. The molecule has 22 heavy (non-hydrogen) atoms. The van der Waals surface area contributed by atoms with Crippen molar-refractivity contribution >= 4 is 21.4 Å². The Bertz CT molecular complexity index is 813. The van der Waals surface area contributed by atoms with E-state index < -0.39 is 21.5 Å². The summed E-state index contributed by atoms with van der Waals surface area (Å²) in [4.78, 5) is 14.0. The third-order valence-corrected chi connectivity index (χ3v) is 5.23. The van der Waals surface area contributed by atoms with Crippen LogP contribution in [0.1, 0.15) is 12.0 Å². The number of hydrogen-bond donors (Lipinski definition) is 0. The van der Waals surface area contributed by atoms with Crippen LogP contribution in [0.25, 0.3) is 0 Å². The van der Waals surface area contributed by atoms with Gasteiger partial charge in [0.1, 0.15) is 12.1 Å². The fraction of sp³-hybridized carbons (Fsp3) is 0.357.